The fraction of sp³-hybridized carbons (Fsp3) is 0.543. The SMILES string of the molecule is CC(C)[C@H]1CC[C@H](C)C[C@@H]1OCC(=O)N(Cc1ccc2c(c1)OCO2)[C@@H]1C=C(C(=O)NCCO)[C@@H]2c3ccccc3O[C@@H]2[C@H]1O. The van der Waals surface area contributed by atoms with Gasteiger partial charge in [0.1, 0.15) is 24.6 Å². The molecule has 242 valence electrons. The number of aliphatic hydroxyl groups excluding tert-OH is 2. The van der Waals surface area contributed by atoms with Crippen LogP contribution in [0.15, 0.2) is 54.1 Å². The van der Waals surface area contributed by atoms with Crippen LogP contribution in [0.25, 0.3) is 0 Å². The van der Waals surface area contributed by atoms with E-state index in [2.05, 4.69) is 26.1 Å². The van der Waals surface area contributed by atoms with Gasteiger partial charge in [0, 0.05) is 24.2 Å². The molecule has 0 unspecified atom stereocenters. The Labute approximate surface area is 264 Å². The van der Waals surface area contributed by atoms with Crippen LogP contribution >= 0.6 is 0 Å². The summed E-state index contributed by atoms with van der Waals surface area (Å²) in [6.45, 7) is 6.61. The second kappa shape index (κ2) is 13.4. The Morgan fingerprint density at radius 2 is 1.89 bits per heavy atom. The van der Waals surface area contributed by atoms with Gasteiger partial charge in [-0.2, -0.15) is 0 Å². The highest BCUT2D eigenvalue weighted by atomic mass is 16.7. The molecule has 0 saturated heterocycles. The van der Waals surface area contributed by atoms with Crippen molar-refractivity contribution in [3.05, 3.63) is 65.2 Å². The number of aliphatic hydroxyl groups is 2. The van der Waals surface area contributed by atoms with E-state index in [4.69, 9.17) is 18.9 Å². The normalized spacial score (nSPS) is 28.1. The van der Waals surface area contributed by atoms with Crippen LogP contribution in [0.1, 0.15) is 57.1 Å². The average molecular weight is 621 g/mol. The molecule has 0 bridgehead atoms. The van der Waals surface area contributed by atoms with Gasteiger partial charge in [0.05, 0.1) is 24.7 Å². The fourth-order valence-corrected chi connectivity index (χ4v) is 7.35. The molecule has 4 aliphatic rings. The van der Waals surface area contributed by atoms with Crippen LogP contribution in [0.5, 0.6) is 17.2 Å². The van der Waals surface area contributed by atoms with Gasteiger partial charge in [0.25, 0.3) is 0 Å². The van der Waals surface area contributed by atoms with Crippen LogP contribution in [0, 0.1) is 17.8 Å². The number of fused-ring (bicyclic) bond motifs is 4. The molecular formula is C35H44N2O8. The zero-order valence-corrected chi connectivity index (χ0v) is 26.2. The van der Waals surface area contributed by atoms with Crippen molar-refractivity contribution < 1.29 is 38.7 Å². The quantitative estimate of drug-likeness (QED) is 0.368. The molecular weight excluding hydrogens is 576 g/mol. The Balaban J connectivity index is 1.33. The summed E-state index contributed by atoms with van der Waals surface area (Å²) in [4.78, 5) is 29.3. The summed E-state index contributed by atoms with van der Waals surface area (Å²) >= 11 is 0. The van der Waals surface area contributed by atoms with E-state index in [1.807, 2.05) is 36.4 Å². The molecule has 6 rings (SSSR count). The number of ether oxygens (including phenoxy) is 4. The lowest BCUT2D eigenvalue weighted by molar-refractivity contribution is -0.148. The standard InChI is InChI=1S/C35H44N2O8/c1-20(2)23-10-8-21(3)14-29(23)42-18-31(39)37(17-22-9-11-28-30(15-22)44-19-43-28)26-16-25(35(41)36-12-13-38)32-24-6-4-5-7-27(24)45-34(32)33(26)40/h4-7,9,11,15-16,20-21,23,26,29,32-34,38,40H,8,10,12-14,17-19H2,1-3H3,(H,36,41)/t21-,23+,26+,29-,32-,33-,34-/m0/s1. The first-order chi connectivity index (χ1) is 21.7. The topological polar surface area (TPSA) is 127 Å². The number of amides is 2. The number of carbonyl (C=O) groups is 2. The minimum Gasteiger partial charge on any atom is -0.486 e. The van der Waals surface area contributed by atoms with Gasteiger partial charge < -0.3 is 39.4 Å². The number of nitrogens with one attached hydrogen (secondary N) is 1. The summed E-state index contributed by atoms with van der Waals surface area (Å²) in [5.41, 5.74) is 1.97. The van der Waals surface area contributed by atoms with Crippen molar-refractivity contribution in [2.24, 2.45) is 17.8 Å². The van der Waals surface area contributed by atoms with E-state index in [1.54, 1.807) is 17.0 Å². The van der Waals surface area contributed by atoms with Crippen molar-refractivity contribution in [2.75, 3.05) is 26.6 Å². The smallest absolute Gasteiger partial charge is 0.249 e. The molecule has 1 saturated carbocycles. The maximum atomic E-state index is 14.2. The first-order valence-electron chi connectivity index (χ1n) is 16.1. The molecule has 2 aromatic rings. The summed E-state index contributed by atoms with van der Waals surface area (Å²) in [6, 6.07) is 12.0. The summed E-state index contributed by atoms with van der Waals surface area (Å²) in [5.74, 6) is 1.93. The molecule has 2 aliphatic heterocycles. The molecule has 2 aliphatic carbocycles. The zero-order valence-electron chi connectivity index (χ0n) is 26.2. The summed E-state index contributed by atoms with van der Waals surface area (Å²) in [5, 5.41) is 24.0. The minimum absolute atomic E-state index is 0.0335. The first kappa shape index (κ1) is 31.4. The molecule has 7 atom stereocenters. The Morgan fingerprint density at radius 1 is 1.09 bits per heavy atom. The Kier molecular flexibility index (Phi) is 9.35. The largest absolute Gasteiger partial charge is 0.486 e. The van der Waals surface area contributed by atoms with E-state index in [0.29, 0.717) is 40.6 Å². The summed E-state index contributed by atoms with van der Waals surface area (Å²) in [7, 11) is 0. The number of para-hydroxylation sites is 1. The van der Waals surface area contributed by atoms with Crippen molar-refractivity contribution in [1.29, 1.82) is 0 Å². The number of carbonyl (C=O) groups excluding carboxylic acids is 2. The van der Waals surface area contributed by atoms with Crippen LogP contribution in [0.3, 0.4) is 0 Å². The van der Waals surface area contributed by atoms with Crippen LogP contribution in [-0.4, -0.2) is 77.8 Å². The molecule has 0 radical (unpaired) electrons. The first-order valence-corrected chi connectivity index (χ1v) is 16.1. The molecule has 2 amide bonds. The lowest BCUT2D eigenvalue weighted by Crippen LogP contribution is -2.56. The van der Waals surface area contributed by atoms with E-state index >= 15 is 0 Å². The molecule has 1 fully saturated rings. The second-order valence-electron chi connectivity index (χ2n) is 13.1. The Hall–Kier alpha value is -3.60. The van der Waals surface area contributed by atoms with Crippen molar-refractivity contribution in [3.8, 4) is 17.2 Å². The minimum atomic E-state index is -1.13. The van der Waals surface area contributed by atoms with Gasteiger partial charge in [-0.1, -0.05) is 51.5 Å². The maximum Gasteiger partial charge on any atom is 0.249 e. The molecule has 2 heterocycles. The van der Waals surface area contributed by atoms with E-state index in [0.717, 1.165) is 30.4 Å². The van der Waals surface area contributed by atoms with E-state index in [1.165, 1.54) is 0 Å². The highest BCUT2D eigenvalue weighted by Gasteiger charge is 2.50. The monoisotopic (exact) mass is 620 g/mol. The average Bonchev–Trinajstić information content (AvgIpc) is 3.67. The molecule has 45 heavy (non-hydrogen) atoms. The zero-order chi connectivity index (χ0) is 31.7. The predicted molar refractivity (Wildman–Crippen MR) is 166 cm³/mol. The van der Waals surface area contributed by atoms with Gasteiger partial charge in [-0.3, -0.25) is 9.59 Å². The predicted octanol–water partition coefficient (Wildman–Crippen LogP) is 3.54. The Morgan fingerprint density at radius 3 is 2.69 bits per heavy atom. The maximum absolute atomic E-state index is 14.2. The number of benzene rings is 2. The number of hydrogen-bond acceptors (Lipinski definition) is 8. The summed E-state index contributed by atoms with van der Waals surface area (Å²) in [6.07, 6.45) is 2.85. The van der Waals surface area contributed by atoms with E-state index in [9.17, 15) is 19.8 Å². The van der Waals surface area contributed by atoms with E-state index < -0.39 is 24.2 Å². The third kappa shape index (κ3) is 6.41. The highest BCUT2D eigenvalue weighted by molar-refractivity contribution is 5.96. The van der Waals surface area contributed by atoms with E-state index in [-0.39, 0.29) is 51.0 Å². The van der Waals surface area contributed by atoms with Gasteiger partial charge in [-0.05, 0) is 60.4 Å². The van der Waals surface area contributed by atoms with Gasteiger partial charge in [0.2, 0.25) is 18.6 Å². The number of nitrogens with zero attached hydrogens (tertiary/aromatic N) is 1. The second-order valence-corrected chi connectivity index (χ2v) is 13.1. The number of hydrogen-bond donors (Lipinski definition) is 3. The van der Waals surface area contributed by atoms with Crippen molar-refractivity contribution in [1.82, 2.24) is 10.2 Å². The van der Waals surface area contributed by atoms with Crippen molar-refractivity contribution >= 4 is 11.8 Å². The molecule has 0 spiro atoms. The third-order valence-electron chi connectivity index (χ3n) is 9.73. The fourth-order valence-electron chi connectivity index (χ4n) is 7.35. The lowest BCUT2D eigenvalue weighted by atomic mass is 9.75. The van der Waals surface area contributed by atoms with Crippen LogP contribution in [-0.2, 0) is 20.9 Å². The molecule has 2 aromatic carbocycles. The molecule has 3 N–H and O–H groups in total. The highest BCUT2D eigenvalue weighted by Crippen LogP contribution is 2.47. The van der Waals surface area contributed by atoms with Crippen molar-refractivity contribution in [2.45, 2.75) is 76.9 Å². The summed E-state index contributed by atoms with van der Waals surface area (Å²) < 4.78 is 23.7. The third-order valence-corrected chi connectivity index (χ3v) is 9.73. The lowest BCUT2D eigenvalue weighted by Gasteiger charge is -2.41. The number of rotatable bonds is 10. The van der Waals surface area contributed by atoms with Gasteiger partial charge in [-0.15, -0.1) is 0 Å². The molecule has 0 aromatic heterocycles. The van der Waals surface area contributed by atoms with Gasteiger partial charge in [0.15, 0.2) is 11.5 Å². The van der Waals surface area contributed by atoms with Gasteiger partial charge >= 0.3 is 0 Å². The Bertz CT molecular complexity index is 1430. The van der Waals surface area contributed by atoms with Crippen LogP contribution in [0.4, 0.5) is 0 Å². The molecule has 10 nitrogen and oxygen atoms in total. The van der Waals surface area contributed by atoms with Crippen LogP contribution in [0.2, 0.25) is 0 Å². The van der Waals surface area contributed by atoms with Crippen molar-refractivity contribution in [3.63, 3.8) is 0 Å². The van der Waals surface area contributed by atoms with Crippen LogP contribution < -0.4 is 19.5 Å². The van der Waals surface area contributed by atoms with Gasteiger partial charge in [-0.25, -0.2) is 0 Å². The molecule has 10 heteroatoms.